The zero-order valence-electron chi connectivity index (χ0n) is 28.7. The molecule has 4 aliphatic rings. The fourth-order valence-corrected chi connectivity index (χ4v) is 7.22. The lowest BCUT2D eigenvalue weighted by molar-refractivity contribution is -0.166. The Morgan fingerprint density at radius 1 is 1.06 bits per heavy atom. The fourth-order valence-electron chi connectivity index (χ4n) is 7.22. The average molecular weight is 699 g/mol. The molecule has 3 heterocycles. The van der Waals surface area contributed by atoms with E-state index in [1.165, 1.54) is 12.8 Å². The molecule has 2 aromatic rings. The molecule has 49 heavy (non-hydrogen) atoms. The Morgan fingerprint density at radius 2 is 1.78 bits per heavy atom. The monoisotopic (exact) mass is 698 g/mol. The number of likely N-dealkylation sites (tertiary alicyclic amines) is 1. The number of methoxy groups -OCH3 is 1. The van der Waals surface area contributed by atoms with Crippen LogP contribution < -0.4 is 20.1 Å². The number of piperazine rings is 1. The first-order valence-electron chi connectivity index (χ1n) is 17.6. The summed E-state index contributed by atoms with van der Waals surface area (Å²) in [7, 11) is 1.56. The van der Waals surface area contributed by atoms with Gasteiger partial charge >= 0.3 is 0 Å². The van der Waals surface area contributed by atoms with Gasteiger partial charge in [0.1, 0.15) is 17.3 Å². The Bertz CT molecular complexity index is 1440. The predicted molar refractivity (Wildman–Crippen MR) is 187 cm³/mol. The summed E-state index contributed by atoms with van der Waals surface area (Å²) in [5, 5.41) is 17.1. The molecule has 1 spiro atoms. The van der Waals surface area contributed by atoms with Crippen LogP contribution in [-0.4, -0.2) is 96.8 Å². The highest BCUT2D eigenvalue weighted by atomic mass is 35.5. The second kappa shape index (κ2) is 16.6. The summed E-state index contributed by atoms with van der Waals surface area (Å²) in [4.78, 5) is 44.3. The van der Waals surface area contributed by atoms with Crippen LogP contribution in [-0.2, 0) is 20.9 Å². The maximum absolute atomic E-state index is 13.9. The zero-order chi connectivity index (χ0) is 33.7. The Balaban J connectivity index is 0.00000468. The first kappa shape index (κ1) is 36.9. The molecule has 3 N–H and O–H groups in total. The van der Waals surface area contributed by atoms with Gasteiger partial charge in [0.25, 0.3) is 5.91 Å². The molecular formula is C37H51ClN4O7. The van der Waals surface area contributed by atoms with Gasteiger partial charge in [0, 0.05) is 51.5 Å². The third kappa shape index (κ3) is 8.51. The number of halogens is 1. The number of carbonyl (C=O) groups is 3. The molecule has 0 unspecified atom stereocenters. The van der Waals surface area contributed by atoms with Gasteiger partial charge < -0.3 is 34.9 Å². The number of nitrogens with one attached hydrogen (secondary N) is 2. The molecule has 3 amide bonds. The minimum absolute atomic E-state index is 0. The van der Waals surface area contributed by atoms with Crippen molar-refractivity contribution in [1.82, 2.24) is 20.4 Å². The summed E-state index contributed by atoms with van der Waals surface area (Å²) < 4.78 is 17.1. The van der Waals surface area contributed by atoms with E-state index in [1.54, 1.807) is 30.2 Å². The lowest BCUT2D eigenvalue weighted by Gasteiger charge is -2.52. The first-order valence-corrected chi connectivity index (χ1v) is 17.6. The third-order valence-corrected chi connectivity index (χ3v) is 10.5. The van der Waals surface area contributed by atoms with Crippen LogP contribution in [0.3, 0.4) is 0 Å². The van der Waals surface area contributed by atoms with Crippen molar-refractivity contribution in [3.05, 3.63) is 53.6 Å². The second-order valence-corrected chi connectivity index (χ2v) is 13.8. The summed E-state index contributed by atoms with van der Waals surface area (Å²) in [5.74, 6) is 1.80. The molecule has 2 aromatic carbocycles. The Labute approximate surface area is 295 Å². The van der Waals surface area contributed by atoms with Gasteiger partial charge in [-0.25, -0.2) is 0 Å². The second-order valence-electron chi connectivity index (χ2n) is 13.8. The fraction of sp³-hybridized carbons (Fsp3) is 0.595. The van der Waals surface area contributed by atoms with Crippen LogP contribution in [0.25, 0.3) is 0 Å². The summed E-state index contributed by atoms with van der Waals surface area (Å²) in [6, 6.07) is 12.2. The van der Waals surface area contributed by atoms with Crippen molar-refractivity contribution >= 4 is 30.1 Å². The standard InChI is InChI=1S/C37H50N4O7.ClH/c1-3-4-17-41-35(44)32(33(42)27-13-20-47-21-14-27)39-36(45)37(41)15-18-40(19-16-37)24-26-7-10-29(11-8-26)48-30-12-9-28(22-31(30)46-2)34(43)38-23-25-5-6-25;/h7-12,22,25,27,32-33,42H,3-6,13-21,23-24H2,1-2H3,(H,38,43)(H,39,45);1H/t32-,33-;/m1./s1. The Kier molecular flexibility index (Phi) is 12.5. The van der Waals surface area contributed by atoms with Gasteiger partial charge in [-0.15, -0.1) is 12.4 Å². The SMILES string of the molecule is CCCCN1C(=O)[C@@H]([C@H](O)C2CCOCC2)NC(=O)C12CCN(Cc1ccc(Oc3ccc(C(=O)NCC4CC4)cc3OC)cc1)CC2.Cl. The highest BCUT2D eigenvalue weighted by Gasteiger charge is 2.55. The molecule has 11 nitrogen and oxygen atoms in total. The minimum Gasteiger partial charge on any atom is -0.493 e. The lowest BCUT2D eigenvalue weighted by atomic mass is 9.79. The highest BCUT2D eigenvalue weighted by Crippen LogP contribution is 2.37. The maximum atomic E-state index is 13.9. The van der Waals surface area contributed by atoms with E-state index in [2.05, 4.69) is 22.5 Å². The number of hydrogen-bond acceptors (Lipinski definition) is 8. The number of ether oxygens (including phenoxy) is 3. The van der Waals surface area contributed by atoms with E-state index in [1.807, 2.05) is 24.3 Å². The number of nitrogens with zero attached hydrogens (tertiary/aromatic N) is 2. The van der Waals surface area contributed by atoms with E-state index < -0.39 is 17.7 Å². The van der Waals surface area contributed by atoms with Crippen molar-refractivity contribution < 1.29 is 33.7 Å². The number of rotatable bonds is 13. The molecule has 2 atom stereocenters. The van der Waals surface area contributed by atoms with E-state index in [0.717, 1.165) is 18.4 Å². The Hall–Kier alpha value is -3.38. The summed E-state index contributed by atoms with van der Waals surface area (Å²) in [6.07, 6.45) is 5.63. The number of aliphatic hydroxyl groups is 1. The molecule has 1 aliphatic carbocycles. The quantitative estimate of drug-likeness (QED) is 0.283. The number of aliphatic hydroxyl groups excluding tert-OH is 1. The molecule has 1 saturated carbocycles. The van der Waals surface area contributed by atoms with E-state index in [9.17, 15) is 19.5 Å². The first-order chi connectivity index (χ1) is 23.3. The number of hydrogen-bond donors (Lipinski definition) is 3. The van der Waals surface area contributed by atoms with Gasteiger partial charge in [-0.3, -0.25) is 19.3 Å². The lowest BCUT2D eigenvalue weighted by Crippen LogP contribution is -2.75. The Morgan fingerprint density at radius 3 is 2.43 bits per heavy atom. The predicted octanol–water partition coefficient (Wildman–Crippen LogP) is 4.30. The molecule has 268 valence electrons. The van der Waals surface area contributed by atoms with Gasteiger partial charge in [-0.1, -0.05) is 25.5 Å². The average Bonchev–Trinajstić information content (AvgIpc) is 3.95. The van der Waals surface area contributed by atoms with Crippen LogP contribution in [0, 0.1) is 11.8 Å². The van der Waals surface area contributed by atoms with Crippen molar-refractivity contribution in [3.63, 3.8) is 0 Å². The number of unbranched alkanes of at least 4 members (excludes halogenated alkanes) is 1. The smallest absolute Gasteiger partial charge is 0.251 e. The molecule has 0 radical (unpaired) electrons. The number of carbonyl (C=O) groups excluding carboxylic acids is 3. The normalized spacial score (nSPS) is 21.9. The zero-order valence-corrected chi connectivity index (χ0v) is 29.5. The van der Waals surface area contributed by atoms with Crippen molar-refractivity contribution in [2.75, 3.05) is 46.5 Å². The largest absolute Gasteiger partial charge is 0.493 e. The summed E-state index contributed by atoms with van der Waals surface area (Å²) in [5.41, 5.74) is 0.757. The van der Waals surface area contributed by atoms with Gasteiger partial charge in [0.2, 0.25) is 11.8 Å². The summed E-state index contributed by atoms with van der Waals surface area (Å²) >= 11 is 0. The van der Waals surface area contributed by atoms with Gasteiger partial charge in [-0.05, 0) is 92.7 Å². The van der Waals surface area contributed by atoms with Crippen LogP contribution in [0.5, 0.6) is 17.2 Å². The number of benzene rings is 2. The van der Waals surface area contributed by atoms with E-state index in [-0.39, 0.29) is 36.0 Å². The van der Waals surface area contributed by atoms with Crippen LogP contribution in [0.1, 0.15) is 74.2 Å². The van der Waals surface area contributed by atoms with Crippen LogP contribution in [0.15, 0.2) is 42.5 Å². The van der Waals surface area contributed by atoms with Gasteiger partial charge in [0.05, 0.1) is 13.2 Å². The number of amides is 3. The van der Waals surface area contributed by atoms with E-state index in [4.69, 9.17) is 14.2 Å². The van der Waals surface area contributed by atoms with Gasteiger partial charge in [-0.2, -0.15) is 0 Å². The van der Waals surface area contributed by atoms with Crippen LogP contribution in [0.4, 0.5) is 0 Å². The molecule has 3 saturated heterocycles. The molecule has 6 rings (SSSR count). The highest BCUT2D eigenvalue weighted by molar-refractivity contribution is 6.00. The van der Waals surface area contributed by atoms with Crippen molar-refractivity contribution in [2.45, 2.75) is 82.5 Å². The van der Waals surface area contributed by atoms with E-state index >= 15 is 0 Å². The molecule has 0 bridgehead atoms. The van der Waals surface area contributed by atoms with Gasteiger partial charge in [0.15, 0.2) is 11.5 Å². The molecular weight excluding hydrogens is 648 g/mol. The maximum Gasteiger partial charge on any atom is 0.251 e. The molecule has 4 fully saturated rings. The molecule has 12 heteroatoms. The topological polar surface area (TPSA) is 130 Å². The minimum atomic E-state index is -0.914. The van der Waals surface area contributed by atoms with Crippen molar-refractivity contribution in [3.8, 4) is 17.2 Å². The van der Waals surface area contributed by atoms with Crippen molar-refractivity contribution in [1.29, 1.82) is 0 Å². The number of piperidine rings is 1. The van der Waals surface area contributed by atoms with Crippen LogP contribution in [0.2, 0.25) is 0 Å². The van der Waals surface area contributed by atoms with E-state index in [0.29, 0.717) is 100 Å². The molecule has 0 aromatic heterocycles. The van der Waals surface area contributed by atoms with Crippen molar-refractivity contribution in [2.24, 2.45) is 11.8 Å². The third-order valence-electron chi connectivity index (χ3n) is 10.5. The van der Waals surface area contributed by atoms with Crippen LogP contribution >= 0.6 is 12.4 Å². The summed E-state index contributed by atoms with van der Waals surface area (Å²) in [6.45, 7) is 6.49. The molecule has 3 aliphatic heterocycles.